The second kappa shape index (κ2) is 3.94. The van der Waals surface area contributed by atoms with Gasteiger partial charge in [0, 0.05) is 0 Å². The summed E-state index contributed by atoms with van der Waals surface area (Å²) in [6.45, 7) is 6.89. The van der Waals surface area contributed by atoms with Crippen LogP contribution in [0.4, 0.5) is 0 Å². The molecule has 2 atom stereocenters. The lowest BCUT2D eigenvalue weighted by Gasteiger charge is -2.29. The molecule has 0 heteroatoms. The summed E-state index contributed by atoms with van der Waals surface area (Å²) in [5.41, 5.74) is 0. The van der Waals surface area contributed by atoms with Crippen LogP contribution in [0.3, 0.4) is 0 Å². The Morgan fingerprint density at radius 3 is 2.00 bits per heavy atom. The van der Waals surface area contributed by atoms with Crippen molar-refractivity contribution in [1.29, 1.82) is 0 Å². The fourth-order valence-electron chi connectivity index (χ4n) is 2.44. The van der Waals surface area contributed by atoms with E-state index in [4.69, 9.17) is 0 Å². The van der Waals surface area contributed by atoms with Gasteiger partial charge in [0.1, 0.15) is 0 Å². The highest BCUT2D eigenvalue weighted by Crippen LogP contribution is 2.33. The zero-order chi connectivity index (χ0) is 8.27. The van der Waals surface area contributed by atoms with Gasteiger partial charge < -0.3 is 0 Å². The van der Waals surface area contributed by atoms with Crippen molar-refractivity contribution in [1.82, 2.24) is 0 Å². The Morgan fingerprint density at radius 2 is 1.55 bits per heavy atom. The van der Waals surface area contributed by atoms with E-state index < -0.39 is 0 Å². The van der Waals surface area contributed by atoms with Crippen molar-refractivity contribution in [3.8, 4) is 0 Å². The first kappa shape index (κ1) is 8.83. The van der Waals surface area contributed by atoms with Crippen molar-refractivity contribution in [2.45, 2.75) is 40.0 Å². The van der Waals surface area contributed by atoms with Crippen LogP contribution in [0.2, 0.25) is 0 Å². The molecule has 0 radical (unpaired) electrons. The predicted octanol–water partition coefficient (Wildman–Crippen LogP) is 3.63. The predicted molar refractivity (Wildman–Crippen MR) is 50.5 cm³/mol. The highest BCUT2D eigenvalue weighted by molar-refractivity contribution is 4.90. The second-order valence-electron chi connectivity index (χ2n) is 4.20. The van der Waals surface area contributed by atoms with Gasteiger partial charge in [0.25, 0.3) is 0 Å². The number of hydrogen-bond acceptors (Lipinski definition) is 0. The Balaban J connectivity index is 2.42. The maximum atomic E-state index is 2.38. The Labute approximate surface area is 70.7 Å². The second-order valence-corrected chi connectivity index (χ2v) is 4.20. The van der Waals surface area contributed by atoms with E-state index in [2.05, 4.69) is 32.9 Å². The van der Waals surface area contributed by atoms with Crippen LogP contribution >= 0.6 is 0 Å². The summed E-state index contributed by atoms with van der Waals surface area (Å²) in [6, 6.07) is 0. The first-order valence-electron chi connectivity index (χ1n) is 4.85. The Hall–Kier alpha value is -0.260. The van der Waals surface area contributed by atoms with Crippen molar-refractivity contribution in [3.05, 3.63) is 12.2 Å². The molecule has 0 nitrogen and oxygen atoms in total. The Morgan fingerprint density at radius 1 is 1.00 bits per heavy atom. The Kier molecular flexibility index (Phi) is 3.16. The monoisotopic (exact) mass is 152 g/mol. The fraction of sp³-hybridized carbons (Fsp3) is 0.818. The summed E-state index contributed by atoms with van der Waals surface area (Å²) in [6.07, 6.45) is 8.85. The molecule has 0 heterocycles. The van der Waals surface area contributed by atoms with E-state index in [1.807, 2.05) is 0 Å². The van der Waals surface area contributed by atoms with E-state index in [9.17, 15) is 0 Å². The van der Waals surface area contributed by atoms with Gasteiger partial charge in [-0.25, -0.2) is 0 Å². The van der Waals surface area contributed by atoms with E-state index in [1.165, 1.54) is 19.3 Å². The maximum absolute atomic E-state index is 2.38. The molecule has 1 aliphatic carbocycles. The standard InChI is InChI=1S/C11H20/c1-4-5-11-7-9(2)6-10(3)8-11/h4-5,9-11H,6-8H2,1-3H3. The molecule has 1 fully saturated rings. The molecule has 0 saturated heterocycles. The zero-order valence-electron chi connectivity index (χ0n) is 8.01. The van der Waals surface area contributed by atoms with Gasteiger partial charge in [0.15, 0.2) is 0 Å². The third-order valence-electron chi connectivity index (χ3n) is 2.68. The van der Waals surface area contributed by atoms with E-state index >= 15 is 0 Å². The van der Waals surface area contributed by atoms with E-state index in [-0.39, 0.29) is 0 Å². The van der Waals surface area contributed by atoms with Crippen molar-refractivity contribution in [2.24, 2.45) is 17.8 Å². The molecule has 0 aromatic heterocycles. The lowest BCUT2D eigenvalue weighted by atomic mass is 9.77. The molecule has 1 saturated carbocycles. The van der Waals surface area contributed by atoms with Gasteiger partial charge in [-0.3, -0.25) is 0 Å². The summed E-state index contributed by atoms with van der Waals surface area (Å²) in [5, 5.41) is 0. The third kappa shape index (κ3) is 2.69. The van der Waals surface area contributed by atoms with Gasteiger partial charge in [0.05, 0.1) is 0 Å². The smallest absolute Gasteiger partial charge is 0.0229 e. The van der Waals surface area contributed by atoms with E-state index in [1.54, 1.807) is 0 Å². The summed E-state index contributed by atoms with van der Waals surface area (Å²) in [5.74, 6) is 2.76. The van der Waals surface area contributed by atoms with Crippen LogP contribution in [0.15, 0.2) is 12.2 Å². The van der Waals surface area contributed by atoms with Crippen molar-refractivity contribution < 1.29 is 0 Å². The molecule has 0 bridgehead atoms. The van der Waals surface area contributed by atoms with Crippen molar-refractivity contribution >= 4 is 0 Å². The van der Waals surface area contributed by atoms with Gasteiger partial charge >= 0.3 is 0 Å². The van der Waals surface area contributed by atoms with Crippen LogP contribution in [0, 0.1) is 17.8 Å². The largest absolute Gasteiger partial charge is 0.0914 e. The topological polar surface area (TPSA) is 0 Å². The normalized spacial score (nSPS) is 39.7. The first-order chi connectivity index (χ1) is 5.22. The van der Waals surface area contributed by atoms with Crippen LogP contribution in [-0.2, 0) is 0 Å². The quantitative estimate of drug-likeness (QED) is 0.503. The molecule has 0 spiro atoms. The lowest BCUT2D eigenvalue weighted by Crippen LogP contribution is -2.17. The van der Waals surface area contributed by atoms with E-state index in [0.717, 1.165) is 17.8 Å². The van der Waals surface area contributed by atoms with Gasteiger partial charge in [0.2, 0.25) is 0 Å². The average molecular weight is 152 g/mol. The van der Waals surface area contributed by atoms with Gasteiger partial charge in [-0.15, -0.1) is 0 Å². The molecule has 1 aliphatic rings. The summed E-state index contributed by atoms with van der Waals surface area (Å²) >= 11 is 0. The molecule has 1 rings (SSSR count). The molecule has 2 unspecified atom stereocenters. The molecule has 11 heavy (non-hydrogen) atoms. The maximum Gasteiger partial charge on any atom is -0.0229 e. The molecular formula is C11H20. The molecule has 0 aromatic rings. The highest BCUT2D eigenvalue weighted by atomic mass is 14.3. The number of allylic oxidation sites excluding steroid dienone is 2. The minimum atomic E-state index is 0.874. The highest BCUT2D eigenvalue weighted by Gasteiger charge is 2.21. The molecule has 0 amide bonds. The molecule has 64 valence electrons. The molecule has 0 N–H and O–H groups in total. The lowest BCUT2D eigenvalue weighted by molar-refractivity contribution is 0.252. The average Bonchev–Trinajstić information content (AvgIpc) is 1.85. The van der Waals surface area contributed by atoms with Gasteiger partial charge in [-0.2, -0.15) is 0 Å². The first-order valence-corrected chi connectivity index (χ1v) is 4.85. The van der Waals surface area contributed by atoms with Gasteiger partial charge in [-0.05, 0) is 43.9 Å². The third-order valence-corrected chi connectivity index (χ3v) is 2.68. The summed E-state index contributed by atoms with van der Waals surface area (Å²) in [7, 11) is 0. The minimum absolute atomic E-state index is 0.874. The van der Waals surface area contributed by atoms with Crippen LogP contribution in [0.25, 0.3) is 0 Å². The van der Waals surface area contributed by atoms with Gasteiger partial charge in [-0.1, -0.05) is 26.0 Å². The van der Waals surface area contributed by atoms with Crippen LogP contribution in [0.5, 0.6) is 0 Å². The SMILES string of the molecule is CC=CC1CC(C)CC(C)C1. The van der Waals surface area contributed by atoms with Crippen LogP contribution in [0.1, 0.15) is 40.0 Å². The fourth-order valence-corrected chi connectivity index (χ4v) is 2.44. The van der Waals surface area contributed by atoms with E-state index in [0.29, 0.717) is 0 Å². The van der Waals surface area contributed by atoms with Crippen LogP contribution in [-0.4, -0.2) is 0 Å². The Bertz CT molecular complexity index is 125. The minimum Gasteiger partial charge on any atom is -0.0914 e. The number of hydrogen-bond donors (Lipinski definition) is 0. The summed E-state index contributed by atoms with van der Waals surface area (Å²) < 4.78 is 0. The van der Waals surface area contributed by atoms with Crippen molar-refractivity contribution in [2.75, 3.05) is 0 Å². The number of rotatable bonds is 1. The molecule has 0 aliphatic heterocycles. The zero-order valence-corrected chi connectivity index (χ0v) is 8.01. The molecule has 0 aromatic carbocycles. The van der Waals surface area contributed by atoms with Crippen LogP contribution < -0.4 is 0 Å². The van der Waals surface area contributed by atoms with Crippen molar-refractivity contribution in [3.63, 3.8) is 0 Å². The molecular weight excluding hydrogens is 132 g/mol. The summed E-state index contributed by atoms with van der Waals surface area (Å²) in [4.78, 5) is 0.